The van der Waals surface area contributed by atoms with Crippen LogP contribution in [0.4, 0.5) is 0 Å². The standard InChI is InChI=1S/C12H21N3O/c1-5-10(6-2)12(16)14(3)9-11-7-8-15(4)13-11/h7-8,10H,5-6,9H2,1-4H3. The molecule has 1 amide bonds. The monoisotopic (exact) mass is 223 g/mol. The van der Waals surface area contributed by atoms with Gasteiger partial charge < -0.3 is 4.90 Å². The Balaban J connectivity index is 2.57. The van der Waals surface area contributed by atoms with Crippen LogP contribution in [0.15, 0.2) is 12.3 Å². The van der Waals surface area contributed by atoms with Crippen molar-refractivity contribution >= 4 is 5.91 Å². The molecule has 0 saturated heterocycles. The summed E-state index contributed by atoms with van der Waals surface area (Å²) in [7, 11) is 3.72. The summed E-state index contributed by atoms with van der Waals surface area (Å²) in [5.74, 6) is 0.365. The number of carbonyl (C=O) groups excluding carboxylic acids is 1. The minimum atomic E-state index is 0.147. The third-order valence-corrected chi connectivity index (χ3v) is 2.88. The normalized spacial score (nSPS) is 10.8. The molecule has 0 spiro atoms. The number of hydrogen-bond acceptors (Lipinski definition) is 2. The summed E-state index contributed by atoms with van der Waals surface area (Å²) in [5.41, 5.74) is 0.935. The molecule has 4 heteroatoms. The molecule has 0 radical (unpaired) electrons. The van der Waals surface area contributed by atoms with Crippen LogP contribution in [0.1, 0.15) is 32.4 Å². The van der Waals surface area contributed by atoms with Crippen molar-refractivity contribution in [2.75, 3.05) is 7.05 Å². The minimum Gasteiger partial charge on any atom is -0.340 e. The third-order valence-electron chi connectivity index (χ3n) is 2.88. The van der Waals surface area contributed by atoms with Gasteiger partial charge in [-0.15, -0.1) is 0 Å². The molecular weight excluding hydrogens is 202 g/mol. The molecule has 0 unspecified atom stereocenters. The van der Waals surface area contributed by atoms with Crippen molar-refractivity contribution in [3.05, 3.63) is 18.0 Å². The number of hydrogen-bond donors (Lipinski definition) is 0. The average molecular weight is 223 g/mol. The largest absolute Gasteiger partial charge is 0.340 e. The summed E-state index contributed by atoms with van der Waals surface area (Å²) in [4.78, 5) is 13.8. The van der Waals surface area contributed by atoms with E-state index < -0.39 is 0 Å². The lowest BCUT2D eigenvalue weighted by molar-refractivity contribution is -0.135. The summed E-state index contributed by atoms with van der Waals surface area (Å²) < 4.78 is 1.75. The van der Waals surface area contributed by atoms with Gasteiger partial charge in [0.2, 0.25) is 5.91 Å². The lowest BCUT2D eigenvalue weighted by atomic mass is 10.0. The first-order valence-corrected chi connectivity index (χ1v) is 5.82. The van der Waals surface area contributed by atoms with E-state index >= 15 is 0 Å². The number of carbonyl (C=O) groups is 1. The Kier molecular flexibility index (Phi) is 4.52. The van der Waals surface area contributed by atoms with E-state index in [1.165, 1.54) is 0 Å². The predicted molar refractivity (Wildman–Crippen MR) is 63.8 cm³/mol. The third kappa shape index (κ3) is 3.08. The van der Waals surface area contributed by atoms with Crippen LogP contribution in [-0.2, 0) is 18.4 Å². The van der Waals surface area contributed by atoms with Crippen molar-refractivity contribution in [2.45, 2.75) is 33.2 Å². The highest BCUT2D eigenvalue weighted by molar-refractivity contribution is 5.78. The summed E-state index contributed by atoms with van der Waals surface area (Å²) in [6, 6.07) is 1.94. The van der Waals surface area contributed by atoms with Crippen molar-refractivity contribution in [3.63, 3.8) is 0 Å². The molecule has 0 atom stereocenters. The average Bonchev–Trinajstić information content (AvgIpc) is 2.65. The zero-order valence-corrected chi connectivity index (χ0v) is 10.6. The Morgan fingerprint density at radius 1 is 1.50 bits per heavy atom. The quantitative estimate of drug-likeness (QED) is 0.763. The lowest BCUT2D eigenvalue weighted by Gasteiger charge is -2.21. The number of aromatic nitrogens is 2. The number of amides is 1. The van der Waals surface area contributed by atoms with E-state index in [0.29, 0.717) is 6.54 Å². The molecule has 1 rings (SSSR count). The van der Waals surface area contributed by atoms with Crippen molar-refractivity contribution in [3.8, 4) is 0 Å². The fourth-order valence-corrected chi connectivity index (χ4v) is 1.82. The van der Waals surface area contributed by atoms with Crippen LogP contribution in [0.2, 0.25) is 0 Å². The molecular formula is C12H21N3O. The van der Waals surface area contributed by atoms with Crippen LogP contribution in [-0.4, -0.2) is 27.6 Å². The first-order chi connectivity index (χ1) is 7.58. The summed E-state index contributed by atoms with van der Waals surface area (Å²) in [6.45, 7) is 4.71. The van der Waals surface area contributed by atoms with Crippen LogP contribution in [0.5, 0.6) is 0 Å². The van der Waals surface area contributed by atoms with Crippen molar-refractivity contribution in [2.24, 2.45) is 13.0 Å². The van der Waals surface area contributed by atoms with Crippen LogP contribution in [0.3, 0.4) is 0 Å². The van der Waals surface area contributed by atoms with Gasteiger partial charge in [0.05, 0.1) is 12.2 Å². The Labute approximate surface area is 97.2 Å². The van der Waals surface area contributed by atoms with E-state index in [1.54, 1.807) is 9.58 Å². The van der Waals surface area contributed by atoms with Gasteiger partial charge in [-0.25, -0.2) is 0 Å². The fraction of sp³-hybridized carbons (Fsp3) is 0.667. The molecule has 1 aromatic heterocycles. The highest BCUT2D eigenvalue weighted by Crippen LogP contribution is 2.12. The van der Waals surface area contributed by atoms with Gasteiger partial charge in [-0.1, -0.05) is 13.8 Å². The van der Waals surface area contributed by atoms with Gasteiger partial charge in [-0.05, 0) is 18.9 Å². The SMILES string of the molecule is CCC(CC)C(=O)N(C)Cc1ccn(C)n1. The second-order valence-corrected chi connectivity index (χ2v) is 4.19. The fourth-order valence-electron chi connectivity index (χ4n) is 1.82. The van der Waals surface area contributed by atoms with Gasteiger partial charge in [0.1, 0.15) is 0 Å². The van der Waals surface area contributed by atoms with Gasteiger partial charge in [-0.3, -0.25) is 9.48 Å². The molecule has 16 heavy (non-hydrogen) atoms. The van der Waals surface area contributed by atoms with Gasteiger partial charge in [-0.2, -0.15) is 5.10 Å². The second kappa shape index (κ2) is 5.68. The number of rotatable bonds is 5. The highest BCUT2D eigenvalue weighted by atomic mass is 16.2. The molecule has 0 aliphatic carbocycles. The molecule has 0 fully saturated rings. The van der Waals surface area contributed by atoms with E-state index in [0.717, 1.165) is 18.5 Å². The number of aryl methyl sites for hydroxylation is 1. The maximum atomic E-state index is 12.0. The molecule has 1 heterocycles. The van der Waals surface area contributed by atoms with E-state index in [1.807, 2.05) is 26.4 Å². The van der Waals surface area contributed by atoms with Crippen molar-refractivity contribution in [1.82, 2.24) is 14.7 Å². The molecule has 90 valence electrons. The topological polar surface area (TPSA) is 38.1 Å². The minimum absolute atomic E-state index is 0.147. The molecule has 0 saturated carbocycles. The molecule has 0 aliphatic heterocycles. The first kappa shape index (κ1) is 12.7. The van der Waals surface area contributed by atoms with Gasteiger partial charge in [0.25, 0.3) is 0 Å². The zero-order chi connectivity index (χ0) is 12.1. The Bertz CT molecular complexity index is 342. The molecule has 1 aromatic rings. The van der Waals surface area contributed by atoms with Crippen LogP contribution in [0.25, 0.3) is 0 Å². The van der Waals surface area contributed by atoms with E-state index in [9.17, 15) is 4.79 Å². The van der Waals surface area contributed by atoms with Gasteiger partial charge in [0, 0.05) is 26.2 Å². The summed E-state index contributed by atoms with van der Waals surface area (Å²) in [5, 5.41) is 4.27. The summed E-state index contributed by atoms with van der Waals surface area (Å²) in [6.07, 6.45) is 3.70. The Hall–Kier alpha value is -1.32. The predicted octanol–water partition coefficient (Wildman–Crippen LogP) is 1.81. The van der Waals surface area contributed by atoms with E-state index in [-0.39, 0.29) is 11.8 Å². The Morgan fingerprint density at radius 3 is 2.56 bits per heavy atom. The Morgan fingerprint density at radius 2 is 2.12 bits per heavy atom. The first-order valence-electron chi connectivity index (χ1n) is 5.82. The molecule has 0 aromatic carbocycles. The molecule has 0 N–H and O–H groups in total. The second-order valence-electron chi connectivity index (χ2n) is 4.19. The van der Waals surface area contributed by atoms with E-state index in [2.05, 4.69) is 18.9 Å². The van der Waals surface area contributed by atoms with Crippen molar-refractivity contribution in [1.29, 1.82) is 0 Å². The van der Waals surface area contributed by atoms with Gasteiger partial charge in [0.15, 0.2) is 0 Å². The van der Waals surface area contributed by atoms with Crippen LogP contribution < -0.4 is 0 Å². The smallest absolute Gasteiger partial charge is 0.225 e. The lowest BCUT2D eigenvalue weighted by Crippen LogP contribution is -2.32. The van der Waals surface area contributed by atoms with Gasteiger partial charge >= 0.3 is 0 Å². The molecule has 4 nitrogen and oxygen atoms in total. The van der Waals surface area contributed by atoms with Crippen molar-refractivity contribution < 1.29 is 4.79 Å². The zero-order valence-electron chi connectivity index (χ0n) is 10.6. The maximum Gasteiger partial charge on any atom is 0.225 e. The molecule has 0 aliphatic rings. The van der Waals surface area contributed by atoms with Crippen LogP contribution >= 0.6 is 0 Å². The molecule has 0 bridgehead atoms. The van der Waals surface area contributed by atoms with E-state index in [4.69, 9.17) is 0 Å². The highest BCUT2D eigenvalue weighted by Gasteiger charge is 2.18. The maximum absolute atomic E-state index is 12.0. The number of nitrogens with zero attached hydrogens (tertiary/aromatic N) is 3. The summed E-state index contributed by atoms with van der Waals surface area (Å²) >= 11 is 0. The van der Waals surface area contributed by atoms with Crippen LogP contribution in [0, 0.1) is 5.92 Å².